The molecule has 2 aromatic rings. The first-order chi connectivity index (χ1) is 25.2. The van der Waals surface area contributed by atoms with Crippen molar-refractivity contribution in [2.45, 2.75) is 151 Å². The molecule has 1 aliphatic heterocycles. The number of hydrogen-bond donors (Lipinski definition) is 0. The van der Waals surface area contributed by atoms with Crippen molar-refractivity contribution >= 4 is 24.0 Å². The number of carbonyl (C=O) groups excluding carboxylic acids is 3. The maximum absolute atomic E-state index is 13.0. The fourth-order valence-electron chi connectivity index (χ4n) is 7.19. The third-order valence-corrected chi connectivity index (χ3v) is 10.7. The molecule has 0 amide bonds. The molecule has 0 bridgehead atoms. The number of fused-ring (bicyclic) bond motifs is 1. The van der Waals surface area contributed by atoms with Crippen LogP contribution in [0.15, 0.2) is 24.3 Å². The number of rotatable bonds is 21. The van der Waals surface area contributed by atoms with E-state index in [0.29, 0.717) is 17.1 Å². The van der Waals surface area contributed by atoms with Gasteiger partial charge in [-0.05, 0) is 119 Å². The van der Waals surface area contributed by atoms with E-state index < -0.39 is 17.9 Å². The summed E-state index contributed by atoms with van der Waals surface area (Å²) in [5.74, 6) is 2.76. The molecule has 3 atom stereocenters. The highest BCUT2D eigenvalue weighted by atomic mass is 16.6. The van der Waals surface area contributed by atoms with Gasteiger partial charge < -0.3 is 23.7 Å². The summed E-state index contributed by atoms with van der Waals surface area (Å²) in [5, 5.41) is 0. The van der Waals surface area contributed by atoms with Crippen molar-refractivity contribution in [3.8, 4) is 23.0 Å². The van der Waals surface area contributed by atoms with Crippen molar-refractivity contribution < 1.29 is 38.1 Å². The van der Waals surface area contributed by atoms with E-state index in [4.69, 9.17) is 23.7 Å². The summed E-state index contributed by atoms with van der Waals surface area (Å²) in [6.45, 7) is 19.7. The Kier molecular flexibility index (Phi) is 17.4. The molecule has 0 fully saturated rings. The maximum Gasteiger partial charge on any atom is 0.330 e. The minimum atomic E-state index is -0.606. The average molecular weight is 735 g/mol. The molecule has 0 saturated carbocycles. The number of methoxy groups -OCH3 is 1. The molecule has 1 aliphatic rings. The number of hydrogen-bond acceptors (Lipinski definition) is 8. The maximum atomic E-state index is 13.0. The Morgan fingerprint density at radius 1 is 0.830 bits per heavy atom. The standard InChI is InChI=1S/C45H66O8/c1-11-50-40(46)23-21-36-20-22-38(49-10)39(29-36)51-41(47)24-25-42(48)52-43-33(6)34(7)44-37(35(43)8)26-28-45(9,53-44)27-14-19-32(5)18-13-17-31(4)16-12-15-30(2)3/h20-23,29-32H,11-19,24-28H2,1-10H3/b23-21+/t31-,32-,45-/m1/s1. The third-order valence-electron chi connectivity index (χ3n) is 10.7. The van der Waals surface area contributed by atoms with Gasteiger partial charge >= 0.3 is 17.9 Å². The van der Waals surface area contributed by atoms with Crippen LogP contribution < -0.4 is 18.9 Å². The molecule has 0 radical (unpaired) electrons. The molecule has 0 aromatic heterocycles. The largest absolute Gasteiger partial charge is 0.493 e. The van der Waals surface area contributed by atoms with Crippen LogP contribution in [0.1, 0.15) is 146 Å². The Morgan fingerprint density at radius 2 is 1.45 bits per heavy atom. The summed E-state index contributed by atoms with van der Waals surface area (Å²) < 4.78 is 28.5. The zero-order chi connectivity index (χ0) is 39.1. The highest BCUT2D eigenvalue weighted by Gasteiger charge is 2.35. The number of ether oxygens (including phenoxy) is 5. The first-order valence-corrected chi connectivity index (χ1v) is 19.9. The van der Waals surface area contributed by atoms with Crippen LogP contribution in [0.25, 0.3) is 6.08 Å². The summed E-state index contributed by atoms with van der Waals surface area (Å²) in [7, 11) is 1.47. The molecule has 294 valence electrons. The van der Waals surface area contributed by atoms with Gasteiger partial charge in [-0.15, -0.1) is 0 Å². The van der Waals surface area contributed by atoms with Crippen LogP contribution in [0.5, 0.6) is 23.0 Å². The summed E-state index contributed by atoms with van der Waals surface area (Å²) in [6, 6.07) is 4.94. The zero-order valence-corrected chi connectivity index (χ0v) is 34.3. The fourth-order valence-corrected chi connectivity index (χ4v) is 7.19. The summed E-state index contributed by atoms with van der Waals surface area (Å²) in [4.78, 5) is 37.5. The summed E-state index contributed by atoms with van der Waals surface area (Å²) >= 11 is 0. The lowest BCUT2D eigenvalue weighted by Gasteiger charge is -2.38. The van der Waals surface area contributed by atoms with Crippen molar-refractivity contribution in [1.82, 2.24) is 0 Å². The van der Waals surface area contributed by atoms with E-state index in [1.54, 1.807) is 31.2 Å². The first kappa shape index (κ1) is 43.6. The summed E-state index contributed by atoms with van der Waals surface area (Å²) in [5.41, 5.74) is 4.24. The quantitative estimate of drug-likeness (QED) is 0.0710. The van der Waals surface area contributed by atoms with Crippen molar-refractivity contribution in [3.05, 3.63) is 52.1 Å². The highest BCUT2D eigenvalue weighted by Crippen LogP contribution is 2.45. The van der Waals surface area contributed by atoms with Gasteiger partial charge in [-0.3, -0.25) is 9.59 Å². The number of carbonyl (C=O) groups is 3. The second kappa shape index (κ2) is 21.2. The topological polar surface area (TPSA) is 97.4 Å². The molecule has 8 nitrogen and oxygen atoms in total. The van der Waals surface area contributed by atoms with Crippen LogP contribution in [-0.2, 0) is 25.5 Å². The molecular weight excluding hydrogens is 668 g/mol. The molecule has 1 heterocycles. The van der Waals surface area contributed by atoms with Crippen molar-refractivity contribution in [2.75, 3.05) is 13.7 Å². The van der Waals surface area contributed by atoms with Crippen LogP contribution in [0.2, 0.25) is 0 Å². The Labute approximate surface area is 319 Å². The van der Waals surface area contributed by atoms with Crippen LogP contribution in [0.3, 0.4) is 0 Å². The Hall–Kier alpha value is -3.81. The molecule has 0 aliphatic carbocycles. The number of benzene rings is 2. The van der Waals surface area contributed by atoms with E-state index in [0.717, 1.165) is 71.4 Å². The van der Waals surface area contributed by atoms with E-state index in [2.05, 4.69) is 34.6 Å². The SMILES string of the molecule is CCOC(=O)/C=C/c1ccc(OC)c(OC(=O)CCC(=O)Oc2c(C)c(C)c3c(c2C)CC[C@@](C)(CCC[C@H](C)CCC[C@H](C)CCCC(C)C)O3)c1. The Balaban J connectivity index is 1.52. The van der Waals surface area contributed by atoms with E-state index in [1.807, 2.05) is 20.8 Å². The van der Waals surface area contributed by atoms with Crippen LogP contribution >= 0.6 is 0 Å². The van der Waals surface area contributed by atoms with Crippen LogP contribution in [0.4, 0.5) is 0 Å². The van der Waals surface area contributed by atoms with Gasteiger partial charge in [0.2, 0.25) is 0 Å². The molecule has 8 heteroatoms. The lowest BCUT2D eigenvalue weighted by Crippen LogP contribution is -2.37. The van der Waals surface area contributed by atoms with Gasteiger partial charge in [0.05, 0.1) is 26.6 Å². The first-order valence-electron chi connectivity index (χ1n) is 19.9. The Morgan fingerprint density at radius 3 is 2.08 bits per heavy atom. The molecular formula is C45H66O8. The zero-order valence-electron chi connectivity index (χ0n) is 34.3. The second-order valence-corrected chi connectivity index (χ2v) is 15.9. The predicted octanol–water partition coefficient (Wildman–Crippen LogP) is 11.0. The monoisotopic (exact) mass is 734 g/mol. The normalized spacial score (nSPS) is 16.5. The van der Waals surface area contributed by atoms with E-state index in [1.165, 1.54) is 58.1 Å². The van der Waals surface area contributed by atoms with E-state index in [9.17, 15) is 14.4 Å². The van der Waals surface area contributed by atoms with Gasteiger partial charge in [0, 0.05) is 11.6 Å². The lowest BCUT2D eigenvalue weighted by atomic mass is 9.83. The van der Waals surface area contributed by atoms with Gasteiger partial charge in [0.1, 0.15) is 17.1 Å². The van der Waals surface area contributed by atoms with Gasteiger partial charge in [-0.2, -0.15) is 0 Å². The average Bonchev–Trinajstić information content (AvgIpc) is 3.10. The van der Waals surface area contributed by atoms with E-state index in [-0.39, 0.29) is 30.8 Å². The highest BCUT2D eigenvalue weighted by molar-refractivity contribution is 5.87. The van der Waals surface area contributed by atoms with Crippen LogP contribution in [-0.4, -0.2) is 37.2 Å². The lowest BCUT2D eigenvalue weighted by molar-refractivity contribution is -0.140. The minimum absolute atomic E-state index is 0.150. The van der Waals surface area contributed by atoms with Gasteiger partial charge in [-0.1, -0.05) is 78.7 Å². The molecule has 0 spiro atoms. The van der Waals surface area contributed by atoms with Gasteiger partial charge in [0.15, 0.2) is 11.5 Å². The van der Waals surface area contributed by atoms with Gasteiger partial charge in [-0.25, -0.2) is 4.79 Å². The van der Waals surface area contributed by atoms with Crippen LogP contribution in [0, 0.1) is 38.5 Å². The minimum Gasteiger partial charge on any atom is -0.493 e. The fraction of sp³-hybridized carbons (Fsp3) is 0.622. The summed E-state index contributed by atoms with van der Waals surface area (Å²) in [6.07, 6.45) is 15.7. The smallest absolute Gasteiger partial charge is 0.330 e. The van der Waals surface area contributed by atoms with E-state index >= 15 is 0 Å². The van der Waals surface area contributed by atoms with Crippen molar-refractivity contribution in [2.24, 2.45) is 17.8 Å². The number of esters is 3. The van der Waals surface area contributed by atoms with Crippen molar-refractivity contribution in [3.63, 3.8) is 0 Å². The molecule has 53 heavy (non-hydrogen) atoms. The van der Waals surface area contributed by atoms with Crippen molar-refractivity contribution in [1.29, 1.82) is 0 Å². The van der Waals surface area contributed by atoms with Gasteiger partial charge in [0.25, 0.3) is 0 Å². The molecule has 2 aromatic carbocycles. The molecule has 3 rings (SSSR count). The second-order valence-electron chi connectivity index (χ2n) is 15.9. The molecule has 0 saturated heterocycles. The Bertz CT molecular complexity index is 1560. The molecule has 0 N–H and O–H groups in total. The third kappa shape index (κ3) is 13.8. The molecule has 0 unspecified atom stereocenters. The predicted molar refractivity (Wildman–Crippen MR) is 212 cm³/mol.